The van der Waals surface area contributed by atoms with E-state index in [1.807, 2.05) is 0 Å². The number of para-hydroxylation sites is 3. The van der Waals surface area contributed by atoms with Gasteiger partial charge in [0.1, 0.15) is 0 Å². The first-order valence-corrected chi connectivity index (χ1v) is 26.9. The number of fused-ring (bicyclic) bond motifs is 9. The minimum absolute atomic E-state index is 0.107. The van der Waals surface area contributed by atoms with Gasteiger partial charge in [-0.2, -0.15) is 0 Å². The van der Waals surface area contributed by atoms with Crippen molar-refractivity contribution in [2.75, 3.05) is 9.80 Å². The molecular weight excluding hydrogens is 931 g/mol. The van der Waals surface area contributed by atoms with E-state index >= 15 is 0 Å². The summed E-state index contributed by atoms with van der Waals surface area (Å²) < 4.78 is 2.43. The lowest BCUT2D eigenvalue weighted by Gasteiger charge is -2.35. The number of benzene rings is 11. The zero-order chi connectivity index (χ0) is 51.1. The van der Waals surface area contributed by atoms with E-state index in [9.17, 15) is 0 Å². The van der Waals surface area contributed by atoms with Crippen LogP contribution in [0.4, 0.5) is 28.4 Å². The molecule has 0 spiro atoms. The van der Waals surface area contributed by atoms with E-state index < -0.39 is 5.41 Å². The Morgan fingerprint density at radius 3 is 1.73 bits per heavy atom. The molecule has 12 aromatic rings. The number of hydrogen-bond donors (Lipinski definition) is 0. The van der Waals surface area contributed by atoms with Crippen LogP contribution in [-0.4, -0.2) is 10.6 Å². The molecule has 1 aliphatic heterocycles. The van der Waals surface area contributed by atoms with Crippen molar-refractivity contribution in [1.82, 2.24) is 4.57 Å². The molecule has 364 valence electrons. The van der Waals surface area contributed by atoms with Crippen molar-refractivity contribution in [3.8, 4) is 39.1 Å². The van der Waals surface area contributed by atoms with Crippen LogP contribution in [-0.2, 0) is 10.8 Å². The Morgan fingerprint density at radius 2 is 0.974 bits per heavy atom. The molecular formula is C74H53N3. The highest BCUT2D eigenvalue weighted by atomic mass is 15.2. The van der Waals surface area contributed by atoms with Gasteiger partial charge in [0.2, 0.25) is 0 Å². The third kappa shape index (κ3) is 6.83. The number of hydrogen-bond acceptors (Lipinski definition) is 2. The van der Waals surface area contributed by atoms with Crippen molar-refractivity contribution >= 4 is 50.2 Å². The maximum absolute atomic E-state index is 2.53. The number of nitrogens with zero attached hydrogens (tertiary/aromatic N) is 3. The van der Waals surface area contributed by atoms with Crippen molar-refractivity contribution < 1.29 is 0 Å². The predicted molar refractivity (Wildman–Crippen MR) is 322 cm³/mol. The fourth-order valence-corrected chi connectivity index (χ4v) is 13.5. The van der Waals surface area contributed by atoms with Crippen molar-refractivity contribution in [2.24, 2.45) is 0 Å². The Labute approximate surface area is 450 Å². The largest absolute Gasteiger partial charge is 0.333 e. The molecule has 0 radical (unpaired) electrons. The fraction of sp³-hybridized carbons (Fsp3) is 0.0541. The number of anilines is 5. The molecule has 2 aliphatic carbocycles. The van der Waals surface area contributed by atoms with E-state index in [0.29, 0.717) is 0 Å². The van der Waals surface area contributed by atoms with E-state index in [1.54, 1.807) is 0 Å². The Balaban J connectivity index is 0.914. The average Bonchev–Trinajstić information content (AvgIpc) is 4.32. The molecule has 0 saturated heterocycles. The highest BCUT2D eigenvalue weighted by Gasteiger charge is 2.48. The molecule has 0 N–H and O–H groups in total. The van der Waals surface area contributed by atoms with Gasteiger partial charge in [-0.3, -0.25) is 0 Å². The Kier molecular flexibility index (Phi) is 10.3. The summed E-state index contributed by atoms with van der Waals surface area (Å²) in [4.78, 5) is 4.97. The Hall–Kier alpha value is -9.70. The van der Waals surface area contributed by atoms with E-state index in [4.69, 9.17) is 0 Å². The smallest absolute Gasteiger partial charge is 0.0714 e. The number of rotatable bonds is 9. The summed E-state index contributed by atoms with van der Waals surface area (Å²) in [5, 5.41) is 2.44. The third-order valence-corrected chi connectivity index (χ3v) is 16.9. The minimum atomic E-state index is -0.631. The maximum Gasteiger partial charge on any atom is 0.0714 e. The van der Waals surface area contributed by atoms with Gasteiger partial charge in [0, 0.05) is 50.3 Å². The van der Waals surface area contributed by atoms with Gasteiger partial charge in [-0.15, -0.1) is 0 Å². The monoisotopic (exact) mass is 983 g/mol. The standard InChI is InChI=1S/C74H53N3/c1-73-48-19-18-35-71(73)77(69-34-17-15-31-65(69)73)58-42-38-53(39-43-58)61-30-20-32-66-72(61)64-47-45-59(49-67(64)74(66,54-23-8-3-9-24-54)55-25-10-4-11-26-55)75(56-27-12-5-13-28-56)60-44-46-63-62-29-14-16-33-68(62)76(70(63)50-60)57-40-36-52(37-41-57)51-21-6-2-7-22-51/h2-50,71H,1H3. The van der Waals surface area contributed by atoms with Crippen molar-refractivity contribution in [2.45, 2.75) is 23.8 Å². The average molecular weight is 984 g/mol. The second-order valence-corrected chi connectivity index (χ2v) is 21.0. The lowest BCUT2D eigenvalue weighted by molar-refractivity contribution is 0.551. The molecule has 2 atom stereocenters. The van der Waals surface area contributed by atoms with Crippen LogP contribution >= 0.6 is 0 Å². The van der Waals surface area contributed by atoms with E-state index in [0.717, 1.165) is 28.3 Å². The summed E-state index contributed by atoms with van der Waals surface area (Å²) in [5.74, 6) is 0. The Bertz CT molecular complexity index is 4230. The van der Waals surface area contributed by atoms with Gasteiger partial charge in [0.05, 0.1) is 22.5 Å². The zero-order valence-corrected chi connectivity index (χ0v) is 42.7. The first kappa shape index (κ1) is 44.8. The summed E-state index contributed by atoms with van der Waals surface area (Å²) in [6, 6.07) is 101. The van der Waals surface area contributed by atoms with Gasteiger partial charge in [-0.05, 0) is 141 Å². The van der Waals surface area contributed by atoms with Crippen LogP contribution in [0, 0.1) is 0 Å². The van der Waals surface area contributed by atoms with Gasteiger partial charge in [-0.25, -0.2) is 0 Å². The molecule has 77 heavy (non-hydrogen) atoms. The first-order valence-electron chi connectivity index (χ1n) is 26.9. The van der Waals surface area contributed by atoms with E-state index in [-0.39, 0.29) is 11.5 Å². The van der Waals surface area contributed by atoms with Crippen molar-refractivity contribution in [1.29, 1.82) is 0 Å². The molecule has 1 aromatic heterocycles. The van der Waals surface area contributed by atoms with Crippen LogP contribution in [0.2, 0.25) is 0 Å². The topological polar surface area (TPSA) is 11.4 Å². The molecule has 3 aliphatic rings. The van der Waals surface area contributed by atoms with Gasteiger partial charge in [0.25, 0.3) is 0 Å². The third-order valence-electron chi connectivity index (χ3n) is 16.9. The van der Waals surface area contributed by atoms with Crippen LogP contribution in [0.3, 0.4) is 0 Å². The number of aromatic nitrogens is 1. The summed E-state index contributed by atoms with van der Waals surface area (Å²) in [6.07, 6.45) is 9.14. The van der Waals surface area contributed by atoms with Crippen LogP contribution < -0.4 is 9.80 Å². The second kappa shape index (κ2) is 17.7. The molecule has 2 heterocycles. The Morgan fingerprint density at radius 1 is 0.390 bits per heavy atom. The lowest BCUT2D eigenvalue weighted by Crippen LogP contribution is -2.39. The normalized spacial score (nSPS) is 16.5. The second-order valence-electron chi connectivity index (χ2n) is 21.0. The summed E-state index contributed by atoms with van der Waals surface area (Å²) in [6.45, 7) is 2.37. The van der Waals surface area contributed by atoms with Crippen LogP contribution in [0.5, 0.6) is 0 Å². The molecule has 3 heteroatoms. The zero-order valence-electron chi connectivity index (χ0n) is 42.7. The molecule has 11 aromatic carbocycles. The molecule has 0 fully saturated rings. The van der Waals surface area contributed by atoms with Crippen LogP contribution in [0.15, 0.2) is 297 Å². The van der Waals surface area contributed by atoms with E-state index in [1.165, 1.54) is 88.9 Å². The predicted octanol–water partition coefficient (Wildman–Crippen LogP) is 18.9. The SMILES string of the molecule is CC12C=CC=CC1N(c1ccc(-c3cccc4c3-c3ccc(N(c5ccccc5)c5ccc6c7ccccc7n(-c7ccc(-c8ccccc8)cc7)c6c5)cc3C4(c3ccccc3)c3ccccc3)cc1)c1ccccc12. The molecule has 0 saturated carbocycles. The molecule has 3 nitrogen and oxygen atoms in total. The highest BCUT2D eigenvalue weighted by molar-refractivity contribution is 6.10. The van der Waals surface area contributed by atoms with Crippen LogP contribution in [0.1, 0.15) is 34.7 Å². The van der Waals surface area contributed by atoms with Gasteiger partial charge >= 0.3 is 0 Å². The molecule has 0 bridgehead atoms. The fourth-order valence-electron chi connectivity index (χ4n) is 13.5. The first-order chi connectivity index (χ1) is 38.1. The highest BCUT2D eigenvalue weighted by Crippen LogP contribution is 2.60. The van der Waals surface area contributed by atoms with Gasteiger partial charge in [-0.1, -0.05) is 224 Å². The van der Waals surface area contributed by atoms with Crippen LogP contribution in [0.25, 0.3) is 60.9 Å². The lowest BCUT2D eigenvalue weighted by atomic mass is 9.67. The van der Waals surface area contributed by atoms with Gasteiger partial charge < -0.3 is 14.4 Å². The maximum atomic E-state index is 2.53. The minimum Gasteiger partial charge on any atom is -0.333 e. The van der Waals surface area contributed by atoms with Crippen molar-refractivity contribution in [3.05, 3.63) is 325 Å². The summed E-state index contributed by atoms with van der Waals surface area (Å²) in [7, 11) is 0. The van der Waals surface area contributed by atoms with Gasteiger partial charge in [0.15, 0.2) is 0 Å². The molecule has 0 amide bonds. The van der Waals surface area contributed by atoms with Crippen molar-refractivity contribution in [3.63, 3.8) is 0 Å². The quantitative estimate of drug-likeness (QED) is 0.143. The number of allylic oxidation sites excluding steroid dienone is 2. The molecule has 15 rings (SSSR count). The van der Waals surface area contributed by atoms with E-state index in [2.05, 4.69) is 319 Å². The summed E-state index contributed by atoms with van der Waals surface area (Å²) in [5.41, 5.74) is 22.1. The summed E-state index contributed by atoms with van der Waals surface area (Å²) >= 11 is 0. The molecule has 2 unspecified atom stereocenters.